The molecule has 1 aromatic carbocycles. The van der Waals surface area contributed by atoms with Gasteiger partial charge in [0.05, 0.1) is 11.6 Å². The van der Waals surface area contributed by atoms with Crippen LogP contribution in [0.5, 0.6) is 0 Å². The summed E-state index contributed by atoms with van der Waals surface area (Å²) in [5, 5.41) is 8.29. The second-order valence-electron chi connectivity index (χ2n) is 1.52. The zero-order valence-corrected chi connectivity index (χ0v) is 9.57. The van der Waals surface area contributed by atoms with Crippen LogP contribution in [0.25, 0.3) is 0 Å². The summed E-state index contributed by atoms with van der Waals surface area (Å²) in [6.45, 7) is 0. The fourth-order valence-corrected chi connectivity index (χ4v) is 0.513. The molecule has 0 aliphatic heterocycles. The second-order valence-corrected chi connectivity index (χ2v) is 6.51. The summed E-state index contributed by atoms with van der Waals surface area (Å²) in [5.41, 5.74) is 0.715. The van der Waals surface area contributed by atoms with Gasteiger partial charge in [-0.05, 0) is 12.1 Å². The standard InChI is InChI=1S/C7H5N.2BrH.Ni/c8-6-7-4-2-1-3-5-7;;;/h1-5H;2*1H;/q;;;+2/p-2. The molecule has 0 spiro atoms. The number of nitrogens with zero attached hydrogens (tertiary/aromatic N) is 1. The van der Waals surface area contributed by atoms with Crippen molar-refractivity contribution in [3.63, 3.8) is 0 Å². The first-order valence-electron chi connectivity index (χ1n) is 2.62. The van der Waals surface area contributed by atoms with E-state index >= 15 is 0 Å². The van der Waals surface area contributed by atoms with Crippen molar-refractivity contribution in [3.8, 4) is 6.07 Å². The molecule has 0 fully saturated rings. The van der Waals surface area contributed by atoms with E-state index < -0.39 is 0 Å². The third kappa shape index (κ3) is 6.56. The summed E-state index contributed by atoms with van der Waals surface area (Å²) in [7, 11) is 1.25. The normalized spacial score (nSPS) is 7.73. The van der Waals surface area contributed by atoms with E-state index in [1.165, 1.54) is 10.9 Å². The van der Waals surface area contributed by atoms with Gasteiger partial charge in [-0.3, -0.25) is 0 Å². The van der Waals surface area contributed by atoms with E-state index in [9.17, 15) is 0 Å². The Labute approximate surface area is 86.2 Å². The monoisotopic (exact) mass is 319 g/mol. The van der Waals surface area contributed by atoms with Gasteiger partial charge in [-0.25, -0.2) is 0 Å². The number of hydrogen-bond acceptors (Lipinski definition) is 1. The van der Waals surface area contributed by atoms with Crippen molar-refractivity contribution in [1.29, 1.82) is 5.26 Å². The molecule has 0 radical (unpaired) electrons. The van der Waals surface area contributed by atoms with Crippen molar-refractivity contribution >= 4 is 28.5 Å². The van der Waals surface area contributed by atoms with Crippen LogP contribution in [0.4, 0.5) is 0 Å². The fourth-order valence-electron chi connectivity index (χ4n) is 0.513. The van der Waals surface area contributed by atoms with E-state index in [0.29, 0.717) is 5.56 Å². The SMILES string of the molecule is N#Cc1ccccc1.[Br][Ni][Br]. The van der Waals surface area contributed by atoms with Crippen LogP contribution in [0.15, 0.2) is 30.3 Å². The molecule has 0 N–H and O–H groups in total. The van der Waals surface area contributed by atoms with Gasteiger partial charge in [0, 0.05) is 0 Å². The molecule has 1 aromatic rings. The van der Waals surface area contributed by atoms with Gasteiger partial charge in [-0.15, -0.1) is 0 Å². The van der Waals surface area contributed by atoms with Crippen molar-refractivity contribution < 1.29 is 10.9 Å². The predicted octanol–water partition coefficient (Wildman–Crippen LogP) is 3.25. The van der Waals surface area contributed by atoms with Crippen LogP contribution < -0.4 is 0 Å². The van der Waals surface area contributed by atoms with Crippen molar-refractivity contribution in [2.75, 3.05) is 0 Å². The van der Waals surface area contributed by atoms with E-state index in [1.54, 1.807) is 12.1 Å². The van der Waals surface area contributed by atoms with Crippen molar-refractivity contribution in [2.45, 2.75) is 0 Å². The summed E-state index contributed by atoms with van der Waals surface area (Å²) in [4.78, 5) is 0. The van der Waals surface area contributed by atoms with Gasteiger partial charge >= 0.3 is 39.3 Å². The van der Waals surface area contributed by atoms with E-state index in [2.05, 4.69) is 28.5 Å². The van der Waals surface area contributed by atoms with Gasteiger partial charge in [0.15, 0.2) is 0 Å². The molecule has 11 heavy (non-hydrogen) atoms. The third-order valence-corrected chi connectivity index (χ3v) is 0.903. The van der Waals surface area contributed by atoms with Crippen LogP contribution in [-0.4, -0.2) is 0 Å². The van der Waals surface area contributed by atoms with Crippen LogP contribution in [0.2, 0.25) is 0 Å². The number of hydrogen-bond donors (Lipinski definition) is 0. The van der Waals surface area contributed by atoms with Crippen LogP contribution in [0.3, 0.4) is 0 Å². The number of benzene rings is 1. The zero-order valence-electron chi connectivity index (χ0n) is 5.41. The maximum absolute atomic E-state index is 8.29. The zero-order chi connectivity index (χ0) is 8.53. The van der Waals surface area contributed by atoms with Crippen molar-refractivity contribution in [3.05, 3.63) is 35.9 Å². The van der Waals surface area contributed by atoms with E-state index in [0.717, 1.165) is 0 Å². The van der Waals surface area contributed by atoms with E-state index in [1.807, 2.05) is 24.3 Å². The first-order valence-corrected chi connectivity index (χ1v) is 7.51. The molecule has 0 atom stereocenters. The molecule has 1 nitrogen and oxygen atoms in total. The Bertz CT molecular complexity index is 220. The molecule has 0 aliphatic rings. The molecule has 0 unspecified atom stereocenters. The predicted molar refractivity (Wildman–Crippen MR) is 49.0 cm³/mol. The number of halogens is 2. The topological polar surface area (TPSA) is 23.8 Å². The van der Waals surface area contributed by atoms with Crippen molar-refractivity contribution in [2.24, 2.45) is 0 Å². The van der Waals surface area contributed by atoms with Crippen LogP contribution in [-0.2, 0) is 10.9 Å². The average molecular weight is 322 g/mol. The summed E-state index contributed by atoms with van der Waals surface area (Å²) in [5.74, 6) is 0. The first kappa shape index (κ1) is 11.2. The second kappa shape index (κ2) is 8.26. The van der Waals surface area contributed by atoms with E-state index in [4.69, 9.17) is 5.26 Å². The first-order chi connectivity index (χ1) is 5.35. The Balaban J connectivity index is 0.000000292. The number of nitriles is 1. The molecule has 0 bridgehead atoms. The summed E-state index contributed by atoms with van der Waals surface area (Å²) < 4.78 is 0. The Hall–Kier alpha value is 0.164. The molecule has 0 heterocycles. The molecule has 0 aromatic heterocycles. The van der Waals surface area contributed by atoms with Crippen molar-refractivity contribution in [1.82, 2.24) is 0 Å². The Morgan fingerprint density at radius 2 is 1.64 bits per heavy atom. The molecular formula is C7H5Br2NNi. The van der Waals surface area contributed by atoms with Gasteiger partial charge in [0.25, 0.3) is 0 Å². The molecule has 0 aliphatic carbocycles. The van der Waals surface area contributed by atoms with Gasteiger partial charge in [-0.1, -0.05) is 18.2 Å². The fraction of sp³-hybridized carbons (Fsp3) is 0. The Morgan fingerprint density at radius 3 is 1.91 bits per heavy atom. The molecular weight excluding hydrogens is 317 g/mol. The molecule has 0 saturated carbocycles. The van der Waals surface area contributed by atoms with Crippen LogP contribution in [0.1, 0.15) is 5.56 Å². The van der Waals surface area contributed by atoms with Crippen LogP contribution in [0, 0.1) is 11.3 Å². The van der Waals surface area contributed by atoms with E-state index in [-0.39, 0.29) is 0 Å². The summed E-state index contributed by atoms with van der Waals surface area (Å²) in [6, 6.07) is 11.2. The van der Waals surface area contributed by atoms with Gasteiger partial charge < -0.3 is 0 Å². The molecule has 0 saturated heterocycles. The molecule has 1 rings (SSSR count). The van der Waals surface area contributed by atoms with Crippen LogP contribution >= 0.6 is 28.5 Å². The van der Waals surface area contributed by atoms with Gasteiger partial charge in [0.1, 0.15) is 0 Å². The summed E-state index contributed by atoms with van der Waals surface area (Å²) >= 11 is 6.00. The van der Waals surface area contributed by atoms with Gasteiger partial charge in [-0.2, -0.15) is 5.26 Å². The Morgan fingerprint density at radius 1 is 1.18 bits per heavy atom. The third-order valence-electron chi connectivity index (χ3n) is 0.903. The quantitative estimate of drug-likeness (QED) is 0.673. The summed E-state index contributed by atoms with van der Waals surface area (Å²) in [6.07, 6.45) is 0. The molecule has 4 heteroatoms. The van der Waals surface area contributed by atoms with Gasteiger partial charge in [0.2, 0.25) is 0 Å². The Kier molecular flexibility index (Phi) is 8.38. The average Bonchev–Trinajstić information content (AvgIpc) is 2.08. The minimum absolute atomic E-state index is 0.715. The maximum atomic E-state index is 8.29. The minimum atomic E-state index is 0.715. The molecule has 0 amide bonds. The molecule has 62 valence electrons. The number of rotatable bonds is 0.